The minimum atomic E-state index is -3.81. The molecule has 0 aromatic heterocycles. The van der Waals surface area contributed by atoms with Crippen molar-refractivity contribution in [3.63, 3.8) is 0 Å². The molecule has 2 aromatic carbocycles. The Morgan fingerprint density at radius 1 is 1.00 bits per heavy atom. The maximum atomic E-state index is 13.1. The maximum Gasteiger partial charge on any atom is 0.255 e. The lowest BCUT2D eigenvalue weighted by atomic mass is 10.2. The average molecular weight is 480 g/mol. The maximum absolute atomic E-state index is 13.1. The Morgan fingerprint density at radius 3 is 2.31 bits per heavy atom. The molecule has 11 heteroatoms. The summed E-state index contributed by atoms with van der Waals surface area (Å²) < 4.78 is 38.4. The molecule has 4 rings (SSSR count). The number of carbonyl (C=O) groups is 2. The number of amides is 2. The summed E-state index contributed by atoms with van der Waals surface area (Å²) in [6.45, 7) is 3.33. The molecule has 0 spiro atoms. The van der Waals surface area contributed by atoms with Crippen LogP contribution in [0.4, 0.5) is 5.69 Å². The number of carbonyl (C=O) groups excluding carboxylic acids is 2. The number of anilines is 1. The first kappa shape index (κ1) is 22.4. The highest BCUT2D eigenvalue weighted by molar-refractivity contribution is 7.89. The Hall–Kier alpha value is -2.82. The van der Waals surface area contributed by atoms with Crippen molar-refractivity contribution in [2.24, 2.45) is 0 Å². The number of hydrogen-bond acceptors (Lipinski definition) is 6. The lowest BCUT2D eigenvalue weighted by molar-refractivity contribution is -0.129. The van der Waals surface area contributed by atoms with Gasteiger partial charge in [-0.15, -0.1) is 0 Å². The van der Waals surface area contributed by atoms with Gasteiger partial charge in [0.1, 0.15) is 13.2 Å². The minimum absolute atomic E-state index is 0.00898. The van der Waals surface area contributed by atoms with E-state index in [2.05, 4.69) is 5.32 Å². The molecule has 9 nitrogen and oxygen atoms in total. The largest absolute Gasteiger partial charge is 0.486 e. The molecular formula is C21H22ClN3O6S. The van der Waals surface area contributed by atoms with E-state index in [4.69, 9.17) is 21.1 Å². The lowest BCUT2D eigenvalue weighted by Gasteiger charge is -2.33. The van der Waals surface area contributed by atoms with Crippen LogP contribution in [-0.2, 0) is 14.8 Å². The van der Waals surface area contributed by atoms with Gasteiger partial charge in [-0.1, -0.05) is 17.7 Å². The molecule has 2 aliphatic heterocycles. The number of ether oxygens (including phenoxy) is 2. The van der Waals surface area contributed by atoms with E-state index in [1.807, 2.05) is 0 Å². The number of piperazine rings is 1. The third-order valence-electron chi connectivity index (χ3n) is 5.30. The van der Waals surface area contributed by atoms with Gasteiger partial charge in [0.05, 0.1) is 15.6 Å². The number of hydrogen-bond donors (Lipinski definition) is 1. The van der Waals surface area contributed by atoms with Crippen molar-refractivity contribution in [2.45, 2.75) is 11.8 Å². The van der Waals surface area contributed by atoms with Gasteiger partial charge in [-0.25, -0.2) is 8.42 Å². The topological polar surface area (TPSA) is 105 Å². The van der Waals surface area contributed by atoms with Crippen molar-refractivity contribution >= 4 is 39.1 Å². The summed E-state index contributed by atoms with van der Waals surface area (Å²) >= 11 is 6.25. The van der Waals surface area contributed by atoms with Gasteiger partial charge in [0, 0.05) is 50.8 Å². The molecule has 170 valence electrons. The number of fused-ring (bicyclic) bond motifs is 1. The van der Waals surface area contributed by atoms with Crippen LogP contribution in [0.3, 0.4) is 0 Å². The molecule has 1 saturated heterocycles. The van der Waals surface area contributed by atoms with E-state index in [0.717, 1.165) is 0 Å². The molecule has 1 N–H and O–H groups in total. The second kappa shape index (κ2) is 8.97. The standard InChI is InChI=1S/C21H22ClN3O6S/c1-14(26)24-5-7-25(8-6-24)32(28,29)16-4-2-3-15(11-16)21(27)23-18-13-20-19(12-17(18)22)30-9-10-31-20/h2-4,11-13H,5-10H2,1H3,(H,23,27). The Bertz CT molecular complexity index is 1160. The van der Waals surface area contributed by atoms with Crippen molar-refractivity contribution in [2.75, 3.05) is 44.7 Å². The van der Waals surface area contributed by atoms with Gasteiger partial charge in [0.15, 0.2) is 11.5 Å². The number of nitrogens with zero attached hydrogens (tertiary/aromatic N) is 2. The van der Waals surface area contributed by atoms with Crippen molar-refractivity contribution in [1.82, 2.24) is 9.21 Å². The van der Waals surface area contributed by atoms with E-state index in [1.54, 1.807) is 17.0 Å². The van der Waals surface area contributed by atoms with Crippen LogP contribution < -0.4 is 14.8 Å². The molecule has 0 saturated carbocycles. The second-order valence-electron chi connectivity index (χ2n) is 7.37. The van der Waals surface area contributed by atoms with Gasteiger partial charge in [0.2, 0.25) is 15.9 Å². The van der Waals surface area contributed by atoms with Crippen molar-refractivity contribution in [3.05, 3.63) is 47.0 Å². The van der Waals surface area contributed by atoms with Crippen LogP contribution in [0.5, 0.6) is 11.5 Å². The Labute approximate surface area is 190 Å². The summed E-state index contributed by atoms with van der Waals surface area (Å²) in [5.74, 6) is 0.370. The third kappa shape index (κ3) is 4.52. The van der Waals surface area contributed by atoms with E-state index in [0.29, 0.717) is 43.5 Å². The summed E-state index contributed by atoms with van der Waals surface area (Å²) in [6, 6.07) is 8.94. The Kier molecular flexibility index (Phi) is 6.27. The van der Waals surface area contributed by atoms with Crippen molar-refractivity contribution < 1.29 is 27.5 Å². The third-order valence-corrected chi connectivity index (χ3v) is 7.51. The predicted octanol–water partition coefficient (Wildman–Crippen LogP) is 2.22. The molecule has 1 fully saturated rings. The molecule has 2 amide bonds. The molecule has 2 aromatic rings. The normalized spacial score (nSPS) is 16.5. The number of sulfonamides is 1. The van der Waals surface area contributed by atoms with Crippen molar-refractivity contribution in [1.29, 1.82) is 0 Å². The summed E-state index contributed by atoms with van der Waals surface area (Å²) in [5, 5.41) is 2.97. The average Bonchev–Trinajstić information content (AvgIpc) is 2.79. The van der Waals surface area contributed by atoms with Crippen LogP contribution in [-0.4, -0.2) is 68.8 Å². The number of benzene rings is 2. The summed E-state index contributed by atoms with van der Waals surface area (Å²) in [7, 11) is -3.81. The molecular weight excluding hydrogens is 458 g/mol. The summed E-state index contributed by atoms with van der Waals surface area (Å²) in [4.78, 5) is 25.9. The fourth-order valence-electron chi connectivity index (χ4n) is 3.54. The van der Waals surface area contributed by atoms with Gasteiger partial charge in [-0.05, 0) is 18.2 Å². The molecule has 0 atom stereocenters. The highest BCUT2D eigenvalue weighted by Gasteiger charge is 2.29. The molecule has 0 aliphatic carbocycles. The van der Waals surface area contributed by atoms with Crippen LogP contribution in [0.25, 0.3) is 0 Å². The molecule has 32 heavy (non-hydrogen) atoms. The highest BCUT2D eigenvalue weighted by Crippen LogP contribution is 2.38. The summed E-state index contributed by atoms with van der Waals surface area (Å²) in [6.07, 6.45) is 0. The van der Waals surface area contributed by atoms with Crippen LogP contribution in [0.15, 0.2) is 41.3 Å². The van der Waals surface area contributed by atoms with Crippen LogP contribution >= 0.6 is 11.6 Å². The first-order valence-electron chi connectivity index (χ1n) is 10.0. The van der Waals surface area contributed by atoms with Gasteiger partial charge >= 0.3 is 0 Å². The van der Waals surface area contributed by atoms with Gasteiger partial charge in [-0.2, -0.15) is 4.31 Å². The molecule has 2 heterocycles. The zero-order valence-corrected chi connectivity index (χ0v) is 18.9. The second-order valence-corrected chi connectivity index (χ2v) is 9.71. The molecule has 0 bridgehead atoms. The SMILES string of the molecule is CC(=O)N1CCN(S(=O)(=O)c2cccc(C(=O)Nc3cc4c(cc3Cl)OCCO4)c2)CC1. The van der Waals surface area contributed by atoms with Crippen molar-refractivity contribution in [3.8, 4) is 11.5 Å². The van der Waals surface area contributed by atoms with E-state index in [9.17, 15) is 18.0 Å². The zero-order chi connectivity index (χ0) is 22.9. The zero-order valence-electron chi connectivity index (χ0n) is 17.3. The summed E-state index contributed by atoms with van der Waals surface area (Å²) in [5.41, 5.74) is 0.494. The van der Waals surface area contributed by atoms with E-state index in [-0.39, 0.29) is 34.5 Å². The molecule has 0 unspecified atom stereocenters. The van der Waals surface area contributed by atoms with Gasteiger partial charge < -0.3 is 19.7 Å². The predicted molar refractivity (Wildman–Crippen MR) is 118 cm³/mol. The number of nitrogens with one attached hydrogen (secondary N) is 1. The molecule has 0 radical (unpaired) electrons. The number of rotatable bonds is 4. The Morgan fingerprint density at radius 2 is 1.66 bits per heavy atom. The quantitative estimate of drug-likeness (QED) is 0.720. The van der Waals surface area contributed by atoms with Crippen LogP contribution in [0.1, 0.15) is 17.3 Å². The Balaban J connectivity index is 1.52. The van der Waals surface area contributed by atoms with Gasteiger partial charge in [-0.3, -0.25) is 9.59 Å². The monoisotopic (exact) mass is 479 g/mol. The number of halogens is 1. The fraction of sp³-hybridized carbons (Fsp3) is 0.333. The lowest BCUT2D eigenvalue weighted by Crippen LogP contribution is -2.49. The molecule has 2 aliphatic rings. The van der Waals surface area contributed by atoms with Crippen LogP contribution in [0.2, 0.25) is 5.02 Å². The highest BCUT2D eigenvalue weighted by atomic mass is 35.5. The minimum Gasteiger partial charge on any atom is -0.486 e. The van der Waals surface area contributed by atoms with Crippen LogP contribution in [0, 0.1) is 0 Å². The van der Waals surface area contributed by atoms with E-state index >= 15 is 0 Å². The first-order chi connectivity index (χ1) is 15.3. The van der Waals surface area contributed by atoms with E-state index < -0.39 is 15.9 Å². The fourth-order valence-corrected chi connectivity index (χ4v) is 5.21. The van der Waals surface area contributed by atoms with E-state index in [1.165, 1.54) is 35.5 Å². The smallest absolute Gasteiger partial charge is 0.255 e. The first-order valence-corrected chi connectivity index (χ1v) is 11.8. The van der Waals surface area contributed by atoms with Gasteiger partial charge in [0.25, 0.3) is 5.91 Å².